The van der Waals surface area contributed by atoms with Gasteiger partial charge in [-0.1, -0.05) is 18.2 Å². The van der Waals surface area contributed by atoms with Gasteiger partial charge < -0.3 is 10.1 Å². The Bertz CT molecular complexity index is 1170. The zero-order valence-electron chi connectivity index (χ0n) is 16.5. The molecule has 0 aromatic carbocycles. The zero-order chi connectivity index (χ0) is 20.0. The molecular formula is C21H23N5O2S. The van der Waals surface area contributed by atoms with Gasteiger partial charge in [0.2, 0.25) is 5.95 Å². The van der Waals surface area contributed by atoms with E-state index in [0.717, 1.165) is 37.1 Å². The standard InChI is InChI=1S/C21H23N5O2S/c1-25-17-13-23-19(22-9-8-16-7-4-10-29-16)24-18(17)26(20(25)27)21-11-14(21)5-3-6-15(12-21)28-2/h3-5,7,10,12-14H,6,8-9,11H2,1-2H3,(H,22,23,24). The number of ether oxygens (including phenoxy) is 1. The third kappa shape index (κ3) is 2.98. The maximum atomic E-state index is 13.2. The van der Waals surface area contributed by atoms with E-state index in [1.807, 2.05) is 4.57 Å². The van der Waals surface area contributed by atoms with Gasteiger partial charge in [-0.25, -0.2) is 9.78 Å². The Kier molecular flexibility index (Phi) is 4.31. The van der Waals surface area contributed by atoms with Crippen LogP contribution < -0.4 is 11.0 Å². The van der Waals surface area contributed by atoms with Gasteiger partial charge in [0.15, 0.2) is 5.65 Å². The highest BCUT2D eigenvalue weighted by atomic mass is 32.1. The molecule has 8 heteroatoms. The van der Waals surface area contributed by atoms with Crippen LogP contribution in [0, 0.1) is 5.92 Å². The van der Waals surface area contributed by atoms with Crippen molar-refractivity contribution < 1.29 is 4.74 Å². The maximum absolute atomic E-state index is 13.2. The summed E-state index contributed by atoms with van der Waals surface area (Å²) < 4.78 is 8.99. The first-order valence-corrected chi connectivity index (χ1v) is 10.6. The summed E-state index contributed by atoms with van der Waals surface area (Å²) in [6.07, 6.45) is 10.7. The maximum Gasteiger partial charge on any atom is 0.330 e. The van der Waals surface area contributed by atoms with E-state index in [1.54, 1.807) is 36.3 Å². The fourth-order valence-electron chi connectivity index (χ4n) is 4.17. The van der Waals surface area contributed by atoms with E-state index < -0.39 is 5.54 Å². The molecule has 2 aliphatic rings. The molecule has 1 N–H and O–H groups in total. The molecular weight excluding hydrogens is 386 g/mol. The Morgan fingerprint density at radius 1 is 1.45 bits per heavy atom. The molecule has 0 radical (unpaired) electrons. The fourth-order valence-corrected chi connectivity index (χ4v) is 4.88. The van der Waals surface area contributed by atoms with E-state index >= 15 is 0 Å². The number of nitrogens with one attached hydrogen (secondary N) is 1. The van der Waals surface area contributed by atoms with E-state index in [0.29, 0.717) is 11.6 Å². The minimum atomic E-state index is -0.405. The summed E-state index contributed by atoms with van der Waals surface area (Å²) in [6, 6.07) is 4.18. The van der Waals surface area contributed by atoms with Gasteiger partial charge >= 0.3 is 5.69 Å². The highest BCUT2D eigenvalue weighted by Crippen LogP contribution is 2.54. The number of hydrogen-bond acceptors (Lipinski definition) is 6. The predicted molar refractivity (Wildman–Crippen MR) is 114 cm³/mol. The van der Waals surface area contributed by atoms with Crippen LogP contribution in [0.25, 0.3) is 11.2 Å². The van der Waals surface area contributed by atoms with Crippen molar-refractivity contribution in [3.05, 3.63) is 63.1 Å². The first-order chi connectivity index (χ1) is 14.1. The van der Waals surface area contributed by atoms with E-state index in [1.165, 1.54) is 4.88 Å². The molecule has 1 fully saturated rings. The quantitative estimate of drug-likeness (QED) is 0.634. The molecule has 3 aromatic rings. The third-order valence-electron chi connectivity index (χ3n) is 5.84. The van der Waals surface area contributed by atoms with Crippen LogP contribution in [0.3, 0.4) is 0 Å². The lowest BCUT2D eigenvalue weighted by Gasteiger charge is -2.15. The number of hydrogen-bond donors (Lipinski definition) is 1. The van der Waals surface area contributed by atoms with Gasteiger partial charge in [-0.15, -0.1) is 11.3 Å². The van der Waals surface area contributed by atoms with Crippen molar-refractivity contribution >= 4 is 28.4 Å². The third-order valence-corrected chi connectivity index (χ3v) is 6.78. The summed E-state index contributed by atoms with van der Waals surface area (Å²) >= 11 is 1.74. The highest BCUT2D eigenvalue weighted by molar-refractivity contribution is 7.09. The molecule has 29 heavy (non-hydrogen) atoms. The lowest BCUT2D eigenvalue weighted by atomic mass is 10.2. The highest BCUT2D eigenvalue weighted by Gasteiger charge is 2.56. The second-order valence-electron chi connectivity index (χ2n) is 7.58. The smallest absolute Gasteiger partial charge is 0.330 e. The minimum absolute atomic E-state index is 0.0745. The molecule has 0 bridgehead atoms. The van der Waals surface area contributed by atoms with Gasteiger partial charge in [0, 0.05) is 30.8 Å². The van der Waals surface area contributed by atoms with Crippen molar-refractivity contribution in [1.29, 1.82) is 0 Å². The van der Waals surface area contributed by atoms with Crippen LogP contribution in [0.1, 0.15) is 17.7 Å². The normalized spacial score (nSPS) is 22.8. The van der Waals surface area contributed by atoms with Gasteiger partial charge in [-0.2, -0.15) is 4.98 Å². The second-order valence-corrected chi connectivity index (χ2v) is 8.62. The molecule has 0 amide bonds. The first-order valence-electron chi connectivity index (χ1n) is 9.76. The van der Waals surface area contributed by atoms with E-state index in [2.05, 4.69) is 46.0 Å². The molecule has 2 atom stereocenters. The molecule has 0 saturated heterocycles. The largest absolute Gasteiger partial charge is 0.501 e. The van der Waals surface area contributed by atoms with Gasteiger partial charge in [-0.3, -0.25) is 9.13 Å². The van der Waals surface area contributed by atoms with Crippen molar-refractivity contribution in [1.82, 2.24) is 19.1 Å². The van der Waals surface area contributed by atoms with Crippen LogP contribution in [0.5, 0.6) is 0 Å². The zero-order valence-corrected chi connectivity index (χ0v) is 17.3. The lowest BCUT2D eigenvalue weighted by molar-refractivity contribution is 0.279. The van der Waals surface area contributed by atoms with Crippen LogP contribution in [-0.2, 0) is 23.7 Å². The van der Waals surface area contributed by atoms with Crippen LogP contribution in [0.2, 0.25) is 0 Å². The molecule has 2 unspecified atom stereocenters. The Hall–Kier alpha value is -2.87. The molecule has 2 aliphatic carbocycles. The van der Waals surface area contributed by atoms with Crippen molar-refractivity contribution in [2.75, 3.05) is 19.0 Å². The SMILES string of the molecule is COC1=CC2(n3c(=O)n(C)c4cnc(NCCc5cccs5)nc43)CC2C=CC1. The van der Waals surface area contributed by atoms with Crippen LogP contribution in [-0.4, -0.2) is 32.8 Å². The molecule has 5 rings (SSSR count). The lowest BCUT2D eigenvalue weighted by Crippen LogP contribution is -2.31. The molecule has 0 spiro atoms. The Morgan fingerprint density at radius 3 is 3.14 bits per heavy atom. The molecule has 0 aliphatic heterocycles. The number of methoxy groups -OCH3 is 1. The van der Waals surface area contributed by atoms with E-state index in [9.17, 15) is 4.79 Å². The van der Waals surface area contributed by atoms with Crippen molar-refractivity contribution in [2.45, 2.75) is 24.8 Å². The number of thiophene rings is 1. The first kappa shape index (κ1) is 18.2. The molecule has 3 heterocycles. The number of aromatic nitrogens is 4. The minimum Gasteiger partial charge on any atom is -0.501 e. The monoisotopic (exact) mass is 409 g/mol. The summed E-state index contributed by atoms with van der Waals surface area (Å²) in [6.45, 7) is 0.743. The molecule has 7 nitrogen and oxygen atoms in total. The van der Waals surface area contributed by atoms with Crippen LogP contribution >= 0.6 is 11.3 Å². The second kappa shape index (κ2) is 6.88. The number of nitrogens with zero attached hydrogens (tertiary/aromatic N) is 4. The Labute approximate surface area is 172 Å². The number of fused-ring (bicyclic) bond motifs is 2. The van der Waals surface area contributed by atoms with E-state index in [4.69, 9.17) is 9.72 Å². The Balaban J connectivity index is 1.53. The number of anilines is 1. The average Bonchev–Trinajstić information content (AvgIpc) is 3.06. The summed E-state index contributed by atoms with van der Waals surface area (Å²) in [7, 11) is 3.45. The number of imidazole rings is 1. The van der Waals surface area contributed by atoms with Crippen LogP contribution in [0.15, 0.2) is 52.5 Å². The summed E-state index contributed by atoms with van der Waals surface area (Å²) in [5, 5.41) is 5.38. The average molecular weight is 410 g/mol. The predicted octanol–water partition coefficient (Wildman–Crippen LogP) is 3.05. The Morgan fingerprint density at radius 2 is 2.34 bits per heavy atom. The van der Waals surface area contributed by atoms with E-state index in [-0.39, 0.29) is 11.6 Å². The fraction of sp³-hybridized carbons (Fsp3) is 0.381. The summed E-state index contributed by atoms with van der Waals surface area (Å²) in [4.78, 5) is 23.6. The number of rotatable bonds is 6. The molecule has 150 valence electrons. The topological polar surface area (TPSA) is 74.0 Å². The molecule has 3 aromatic heterocycles. The van der Waals surface area contributed by atoms with Crippen molar-refractivity contribution in [3.8, 4) is 0 Å². The summed E-state index contributed by atoms with van der Waals surface area (Å²) in [5.41, 5.74) is 0.918. The number of aryl methyl sites for hydroxylation is 1. The van der Waals surface area contributed by atoms with Gasteiger partial charge in [0.25, 0.3) is 0 Å². The van der Waals surface area contributed by atoms with Crippen LogP contribution in [0.4, 0.5) is 5.95 Å². The summed E-state index contributed by atoms with van der Waals surface area (Å²) in [5.74, 6) is 1.71. The van der Waals surface area contributed by atoms with Crippen molar-refractivity contribution in [3.63, 3.8) is 0 Å². The van der Waals surface area contributed by atoms with Crippen molar-refractivity contribution in [2.24, 2.45) is 13.0 Å². The van der Waals surface area contributed by atoms with Gasteiger partial charge in [0.1, 0.15) is 5.52 Å². The number of allylic oxidation sites excluding steroid dienone is 3. The van der Waals surface area contributed by atoms with Gasteiger partial charge in [0.05, 0.1) is 24.6 Å². The van der Waals surface area contributed by atoms with Gasteiger partial charge in [-0.05, 0) is 30.4 Å². The molecule has 1 saturated carbocycles.